The third-order valence-electron chi connectivity index (χ3n) is 2.65. The summed E-state index contributed by atoms with van der Waals surface area (Å²) in [5.41, 5.74) is 6.53. The fourth-order valence-electron chi connectivity index (χ4n) is 1.67. The molecule has 1 aromatic carbocycles. The maximum absolute atomic E-state index is 10.9. The summed E-state index contributed by atoms with van der Waals surface area (Å²) in [6.07, 6.45) is 2.85. The molecular weight excluding hydrogens is 220 g/mol. The maximum Gasteiger partial charge on any atom is 0.277 e. The first-order valence-electron chi connectivity index (χ1n) is 5.32. The first-order chi connectivity index (χ1) is 7.99. The van der Waals surface area contributed by atoms with Crippen LogP contribution in [0, 0.1) is 17.0 Å². The first kappa shape index (κ1) is 13.2. The van der Waals surface area contributed by atoms with Crippen LogP contribution in [0.2, 0.25) is 0 Å². The third kappa shape index (κ3) is 2.82. The van der Waals surface area contributed by atoms with Crippen LogP contribution in [0.4, 0.5) is 5.69 Å². The summed E-state index contributed by atoms with van der Waals surface area (Å²) in [5.74, 6) is -0.0873. The molecular formula is C12H16N2O3. The average molecular weight is 236 g/mol. The van der Waals surface area contributed by atoms with Gasteiger partial charge in [-0.3, -0.25) is 10.1 Å². The van der Waals surface area contributed by atoms with E-state index in [1.54, 1.807) is 13.0 Å². The van der Waals surface area contributed by atoms with E-state index in [2.05, 4.69) is 6.58 Å². The summed E-state index contributed by atoms with van der Waals surface area (Å²) >= 11 is 0. The average Bonchev–Trinajstić information content (AvgIpc) is 2.28. The molecule has 0 aliphatic rings. The topological polar surface area (TPSA) is 89.4 Å². The summed E-state index contributed by atoms with van der Waals surface area (Å²) in [7, 11) is 0. The van der Waals surface area contributed by atoms with Crippen LogP contribution in [-0.2, 0) is 0 Å². The van der Waals surface area contributed by atoms with Gasteiger partial charge in [-0.1, -0.05) is 6.08 Å². The molecule has 0 aromatic heterocycles. The van der Waals surface area contributed by atoms with E-state index < -0.39 is 11.0 Å². The van der Waals surface area contributed by atoms with Crippen molar-refractivity contribution in [1.82, 2.24) is 0 Å². The van der Waals surface area contributed by atoms with Crippen LogP contribution in [0.1, 0.15) is 30.0 Å². The van der Waals surface area contributed by atoms with Crippen molar-refractivity contribution in [1.29, 1.82) is 0 Å². The second-order valence-electron chi connectivity index (χ2n) is 3.89. The minimum absolute atomic E-state index is 0.0873. The lowest BCUT2D eigenvalue weighted by molar-refractivity contribution is -0.385. The molecule has 1 atom stereocenters. The Morgan fingerprint density at radius 2 is 2.29 bits per heavy atom. The van der Waals surface area contributed by atoms with Crippen LogP contribution in [0.3, 0.4) is 0 Å². The molecule has 0 aliphatic heterocycles. The van der Waals surface area contributed by atoms with Crippen LogP contribution in [0.5, 0.6) is 5.75 Å². The zero-order valence-electron chi connectivity index (χ0n) is 9.72. The number of phenolic OH excluding ortho intramolecular Hbond substituents is 1. The molecule has 0 aliphatic carbocycles. The highest BCUT2D eigenvalue weighted by Gasteiger charge is 2.24. The van der Waals surface area contributed by atoms with Crippen LogP contribution < -0.4 is 5.73 Å². The van der Waals surface area contributed by atoms with Crippen molar-refractivity contribution in [3.05, 3.63) is 46.0 Å². The number of hydrogen-bond acceptors (Lipinski definition) is 4. The normalized spacial score (nSPS) is 12.1. The third-order valence-corrected chi connectivity index (χ3v) is 2.65. The van der Waals surface area contributed by atoms with Gasteiger partial charge in [0.2, 0.25) is 0 Å². The largest absolute Gasteiger partial charge is 0.507 e. The monoisotopic (exact) mass is 236 g/mol. The van der Waals surface area contributed by atoms with Crippen molar-refractivity contribution in [3.8, 4) is 5.75 Å². The van der Waals surface area contributed by atoms with Gasteiger partial charge in [-0.15, -0.1) is 6.58 Å². The van der Waals surface area contributed by atoms with Crippen LogP contribution >= 0.6 is 0 Å². The Bertz CT molecular complexity index is 444. The van der Waals surface area contributed by atoms with Gasteiger partial charge in [-0.25, -0.2) is 0 Å². The minimum atomic E-state index is -0.562. The van der Waals surface area contributed by atoms with Gasteiger partial charge in [0.05, 0.1) is 10.5 Å². The maximum atomic E-state index is 10.9. The van der Waals surface area contributed by atoms with Gasteiger partial charge in [0, 0.05) is 12.1 Å². The lowest BCUT2D eigenvalue weighted by Gasteiger charge is -2.14. The van der Waals surface area contributed by atoms with Gasteiger partial charge < -0.3 is 10.8 Å². The molecule has 0 saturated heterocycles. The van der Waals surface area contributed by atoms with E-state index in [1.807, 2.05) is 0 Å². The van der Waals surface area contributed by atoms with E-state index in [1.165, 1.54) is 12.1 Å². The molecule has 92 valence electrons. The highest BCUT2D eigenvalue weighted by atomic mass is 16.6. The molecule has 3 N–H and O–H groups in total. The quantitative estimate of drug-likeness (QED) is 0.467. The van der Waals surface area contributed by atoms with Crippen LogP contribution in [0.25, 0.3) is 0 Å². The highest BCUT2D eigenvalue weighted by Crippen LogP contribution is 2.36. The molecule has 0 heterocycles. The van der Waals surface area contributed by atoms with Crippen LogP contribution in [0.15, 0.2) is 24.8 Å². The number of aromatic hydroxyl groups is 1. The number of phenols is 1. The summed E-state index contributed by atoms with van der Waals surface area (Å²) in [4.78, 5) is 10.4. The van der Waals surface area contributed by atoms with Crippen molar-refractivity contribution >= 4 is 5.69 Å². The smallest absolute Gasteiger partial charge is 0.277 e. The van der Waals surface area contributed by atoms with E-state index >= 15 is 0 Å². The summed E-state index contributed by atoms with van der Waals surface area (Å²) in [5, 5.41) is 20.8. The molecule has 0 unspecified atom stereocenters. The summed E-state index contributed by atoms with van der Waals surface area (Å²) < 4.78 is 0. The molecule has 1 rings (SSSR count). The van der Waals surface area contributed by atoms with Crippen molar-refractivity contribution in [2.75, 3.05) is 0 Å². The second-order valence-corrected chi connectivity index (χ2v) is 3.89. The molecule has 5 heteroatoms. The molecule has 0 fully saturated rings. The number of allylic oxidation sites excluding steroid dienone is 1. The van der Waals surface area contributed by atoms with E-state index in [0.29, 0.717) is 18.4 Å². The molecule has 0 amide bonds. The number of nitrogens with two attached hydrogens (primary N) is 1. The number of aryl methyl sites for hydroxylation is 1. The lowest BCUT2D eigenvalue weighted by Crippen LogP contribution is -2.12. The van der Waals surface area contributed by atoms with E-state index in [9.17, 15) is 15.2 Å². The first-order valence-corrected chi connectivity index (χ1v) is 5.32. The molecule has 0 saturated carbocycles. The molecule has 1 aromatic rings. The SMILES string of the molecule is C=CCC[C@H](N)c1c([N+](=O)[O-])ccc(C)c1O. The molecule has 0 radical (unpaired) electrons. The van der Waals surface area contributed by atoms with Crippen molar-refractivity contribution in [3.63, 3.8) is 0 Å². The van der Waals surface area contributed by atoms with Gasteiger partial charge >= 0.3 is 0 Å². The second kappa shape index (κ2) is 5.45. The Kier molecular flexibility index (Phi) is 4.23. The van der Waals surface area contributed by atoms with E-state index in [0.717, 1.165) is 0 Å². The molecule has 17 heavy (non-hydrogen) atoms. The van der Waals surface area contributed by atoms with Crippen molar-refractivity contribution in [2.45, 2.75) is 25.8 Å². The molecule has 0 spiro atoms. The van der Waals surface area contributed by atoms with Gasteiger partial charge in [-0.05, 0) is 31.4 Å². The van der Waals surface area contributed by atoms with Crippen LogP contribution in [-0.4, -0.2) is 10.0 Å². The van der Waals surface area contributed by atoms with E-state index in [4.69, 9.17) is 5.73 Å². The Labute approximate surface area is 99.7 Å². The predicted octanol–water partition coefficient (Wildman–Crippen LogP) is 2.57. The Balaban J connectivity index is 3.22. The van der Waals surface area contributed by atoms with E-state index in [-0.39, 0.29) is 17.0 Å². The summed E-state index contributed by atoms with van der Waals surface area (Å²) in [6, 6.07) is 2.32. The fourth-order valence-corrected chi connectivity index (χ4v) is 1.67. The predicted molar refractivity (Wildman–Crippen MR) is 65.9 cm³/mol. The van der Waals surface area contributed by atoms with Gasteiger partial charge in [0.15, 0.2) is 0 Å². The highest BCUT2D eigenvalue weighted by molar-refractivity contribution is 5.54. The Hall–Kier alpha value is -1.88. The Morgan fingerprint density at radius 3 is 2.82 bits per heavy atom. The molecule has 5 nitrogen and oxygen atoms in total. The van der Waals surface area contributed by atoms with Crippen molar-refractivity contribution < 1.29 is 10.0 Å². The number of nitrogens with zero attached hydrogens (tertiary/aromatic N) is 1. The standard InChI is InChI=1S/C12H16N2O3/c1-3-4-5-9(13)11-10(14(16)17)7-6-8(2)12(11)15/h3,6-7,9,15H,1,4-5,13H2,2H3/t9-/m0/s1. The van der Waals surface area contributed by atoms with Gasteiger partial charge in [0.25, 0.3) is 5.69 Å². The number of nitro groups is 1. The molecule has 0 bridgehead atoms. The summed E-state index contributed by atoms with van der Waals surface area (Å²) in [6.45, 7) is 5.26. The number of benzene rings is 1. The van der Waals surface area contributed by atoms with Gasteiger partial charge in [0.1, 0.15) is 5.75 Å². The lowest BCUT2D eigenvalue weighted by atomic mass is 9.97. The van der Waals surface area contributed by atoms with Crippen molar-refractivity contribution in [2.24, 2.45) is 5.73 Å². The minimum Gasteiger partial charge on any atom is -0.507 e. The Morgan fingerprint density at radius 1 is 1.65 bits per heavy atom. The fraction of sp³-hybridized carbons (Fsp3) is 0.333. The number of nitro benzene ring substituents is 1. The van der Waals surface area contributed by atoms with Gasteiger partial charge in [-0.2, -0.15) is 0 Å². The number of hydrogen-bond donors (Lipinski definition) is 2. The zero-order chi connectivity index (χ0) is 13.0. The number of rotatable bonds is 5. The zero-order valence-corrected chi connectivity index (χ0v) is 9.72.